The van der Waals surface area contributed by atoms with Gasteiger partial charge in [-0.05, 0) is 85.0 Å². The number of fused-ring (bicyclic) bond motifs is 2. The van der Waals surface area contributed by atoms with Gasteiger partial charge in [0.05, 0.1) is 22.2 Å². The Hall–Kier alpha value is -4.74. The largest absolute Gasteiger partial charge is 0.479 e. The first-order valence-corrected chi connectivity index (χ1v) is 19.5. The van der Waals surface area contributed by atoms with Crippen LogP contribution in [-0.2, 0) is 21.9 Å². The molecule has 2 aliphatic rings. The lowest BCUT2D eigenvalue weighted by Crippen LogP contribution is -2.53. The van der Waals surface area contributed by atoms with E-state index in [4.69, 9.17) is 15.9 Å². The zero-order valence-corrected chi connectivity index (χ0v) is 33.9. The van der Waals surface area contributed by atoms with E-state index in [0.29, 0.717) is 42.0 Å². The number of carbonyl (C=O) groups excluding carboxylic acids is 1. The van der Waals surface area contributed by atoms with Gasteiger partial charge in [0.25, 0.3) is 0 Å². The number of aromatic nitrogens is 2. The van der Waals surface area contributed by atoms with E-state index in [1.807, 2.05) is 11.8 Å². The van der Waals surface area contributed by atoms with Gasteiger partial charge in [0, 0.05) is 72.8 Å². The number of carbonyl (C=O) groups is 2. The number of hydrogen-bond donors (Lipinski definition) is 5. The van der Waals surface area contributed by atoms with Crippen molar-refractivity contribution in [2.24, 2.45) is 29.4 Å². The summed E-state index contributed by atoms with van der Waals surface area (Å²) in [6, 6.07) is 11.7. The number of nitrogens with one attached hydrogen (secondary N) is 1. The first-order chi connectivity index (χ1) is 27.5. The van der Waals surface area contributed by atoms with E-state index in [-0.39, 0.29) is 40.9 Å². The minimum Gasteiger partial charge on any atom is -0.479 e. The van der Waals surface area contributed by atoms with Crippen molar-refractivity contribution in [3.8, 4) is 0 Å². The highest BCUT2D eigenvalue weighted by Gasteiger charge is 2.36. The molecular formula is C42H54F6N6O5. The van der Waals surface area contributed by atoms with Gasteiger partial charge in [0.1, 0.15) is 6.10 Å². The summed E-state index contributed by atoms with van der Waals surface area (Å²) in [5.41, 5.74) is 5.97. The fraction of sp³-hybridized carbons (Fsp3) is 0.524. The molecule has 6 atom stereocenters. The molecule has 0 bridgehead atoms. The van der Waals surface area contributed by atoms with Crippen LogP contribution in [0.4, 0.5) is 37.7 Å². The van der Waals surface area contributed by atoms with Crippen molar-refractivity contribution in [1.29, 1.82) is 0 Å². The highest BCUT2D eigenvalue weighted by molar-refractivity contribution is 5.95. The van der Waals surface area contributed by atoms with Crippen molar-refractivity contribution in [2.75, 3.05) is 36.0 Å². The van der Waals surface area contributed by atoms with Gasteiger partial charge < -0.3 is 36.2 Å². The number of pyridine rings is 2. The van der Waals surface area contributed by atoms with Gasteiger partial charge in [-0.15, -0.1) is 0 Å². The summed E-state index contributed by atoms with van der Waals surface area (Å²) in [4.78, 5) is 34.2. The molecule has 0 radical (unpaired) electrons. The molecule has 17 heteroatoms. The molecule has 1 amide bonds. The molecule has 2 saturated heterocycles. The summed E-state index contributed by atoms with van der Waals surface area (Å²) in [5, 5.41) is 30.5. The minimum absolute atomic E-state index is 0.000650. The third kappa shape index (κ3) is 12.2. The van der Waals surface area contributed by atoms with Gasteiger partial charge in [-0.3, -0.25) is 14.8 Å². The number of aliphatic hydroxyl groups excluding tert-OH is 2. The van der Waals surface area contributed by atoms with Crippen LogP contribution < -0.4 is 20.9 Å². The van der Waals surface area contributed by atoms with Crippen LogP contribution in [0.5, 0.6) is 0 Å². The van der Waals surface area contributed by atoms with E-state index in [1.54, 1.807) is 52.0 Å². The minimum atomic E-state index is -4.48. The molecule has 59 heavy (non-hydrogen) atoms. The number of benzene rings is 2. The van der Waals surface area contributed by atoms with E-state index in [1.165, 1.54) is 24.5 Å². The van der Waals surface area contributed by atoms with Gasteiger partial charge in [-0.25, -0.2) is 4.79 Å². The normalized spacial score (nSPS) is 21.0. The van der Waals surface area contributed by atoms with Crippen molar-refractivity contribution in [2.45, 2.75) is 91.0 Å². The Morgan fingerprint density at radius 3 is 1.54 bits per heavy atom. The molecule has 0 unspecified atom stereocenters. The second-order valence-corrected chi connectivity index (χ2v) is 16.2. The number of nitrogens with two attached hydrogens (primary N) is 1. The number of amides is 1. The Balaban J connectivity index is 0.000000226. The van der Waals surface area contributed by atoms with E-state index >= 15 is 0 Å². The summed E-state index contributed by atoms with van der Waals surface area (Å²) in [6.07, 6.45) is -6.76. The van der Waals surface area contributed by atoms with Crippen LogP contribution in [0.25, 0.3) is 21.8 Å². The molecule has 6 N–H and O–H groups in total. The first-order valence-electron chi connectivity index (χ1n) is 19.5. The second-order valence-electron chi connectivity index (χ2n) is 16.2. The van der Waals surface area contributed by atoms with Crippen LogP contribution in [0.1, 0.15) is 65.5 Å². The zero-order valence-electron chi connectivity index (χ0n) is 33.9. The average molecular weight is 837 g/mol. The van der Waals surface area contributed by atoms with Gasteiger partial charge in [-0.1, -0.05) is 41.5 Å². The maximum Gasteiger partial charge on any atom is 0.418 e. The molecule has 4 aromatic rings. The highest BCUT2D eigenvalue weighted by Crippen LogP contribution is 2.40. The maximum atomic E-state index is 13.4. The quantitative estimate of drug-likeness (QED) is 0.121. The van der Waals surface area contributed by atoms with Crippen LogP contribution in [0.3, 0.4) is 0 Å². The number of carboxylic acid groups (broad SMARTS) is 1. The standard InChI is InChI=1S/C21H26F3N3O2.C16H18F3N3.C5H10O3/c1-12(2)19(28)20(29)26-14-9-13(3)10-27(11-14)17-7-6-16(21(22,23)24)18-15(17)5-4-8-25-18;1-10-7-11(20)9-22(8-10)14-5-4-13(16(17,18)19)15-12(14)3-2-6-21-15;1-3(2)4(6)5(7)8/h4-8,12-14,19,28H,9-11H2,1-3H3,(H,26,29);2-6,10-11H,7-9,20H2,1H3;3-4,6H,1-2H3,(H,7,8)/t13-,14+,19-;10-,11+;4-/m000/s1. The summed E-state index contributed by atoms with van der Waals surface area (Å²) >= 11 is 0. The molecule has 0 aliphatic carbocycles. The number of piperidine rings is 2. The van der Waals surface area contributed by atoms with Gasteiger partial charge >= 0.3 is 18.3 Å². The maximum absolute atomic E-state index is 13.4. The highest BCUT2D eigenvalue weighted by atomic mass is 19.4. The lowest BCUT2D eigenvalue weighted by atomic mass is 9.94. The van der Waals surface area contributed by atoms with Crippen LogP contribution >= 0.6 is 0 Å². The van der Waals surface area contributed by atoms with Crippen LogP contribution in [-0.4, -0.2) is 87.6 Å². The molecule has 2 aromatic carbocycles. The second kappa shape index (κ2) is 19.5. The topological polar surface area (TPSA) is 165 Å². The van der Waals surface area contributed by atoms with Crippen molar-refractivity contribution >= 4 is 45.1 Å². The predicted octanol–water partition coefficient (Wildman–Crippen LogP) is 7.12. The predicted molar refractivity (Wildman–Crippen MR) is 215 cm³/mol. The number of carboxylic acids is 1. The zero-order chi connectivity index (χ0) is 44.0. The molecule has 0 saturated carbocycles. The fourth-order valence-electron chi connectivity index (χ4n) is 7.45. The van der Waals surface area contributed by atoms with Crippen LogP contribution in [0, 0.1) is 23.7 Å². The summed E-state index contributed by atoms with van der Waals surface area (Å²) in [5.74, 6) is -1.33. The van der Waals surface area contributed by atoms with Gasteiger partial charge in [0.2, 0.25) is 5.91 Å². The van der Waals surface area contributed by atoms with Crippen molar-refractivity contribution in [3.05, 3.63) is 72.1 Å². The number of aliphatic carboxylic acids is 1. The Labute approximate surface area is 339 Å². The number of hydrogen-bond acceptors (Lipinski definition) is 9. The first kappa shape index (κ1) is 46.9. The molecule has 2 fully saturated rings. The molecular weight excluding hydrogens is 782 g/mol. The summed E-state index contributed by atoms with van der Waals surface area (Å²) in [7, 11) is 0. The number of rotatable bonds is 7. The molecule has 2 aromatic heterocycles. The Morgan fingerprint density at radius 2 is 1.15 bits per heavy atom. The molecule has 4 heterocycles. The molecule has 2 aliphatic heterocycles. The smallest absolute Gasteiger partial charge is 0.418 e. The fourth-order valence-corrected chi connectivity index (χ4v) is 7.45. The number of nitrogens with zero attached hydrogens (tertiary/aromatic N) is 4. The SMILES string of the molecule is CC(C)[C@H](O)C(=O)N[C@@H]1C[C@H](C)CN(c2ccc(C(F)(F)F)c3ncccc23)C1.CC(C)[C@H](O)C(=O)O.C[C@H]1C[C@@H](N)CN(c2ccc(C(F)(F)F)c3ncccc23)C1. The van der Waals surface area contributed by atoms with Crippen molar-refractivity contribution in [1.82, 2.24) is 15.3 Å². The van der Waals surface area contributed by atoms with Crippen molar-refractivity contribution < 1.29 is 51.3 Å². The molecule has 11 nitrogen and oxygen atoms in total. The molecule has 0 spiro atoms. The van der Waals surface area contributed by atoms with Crippen molar-refractivity contribution in [3.63, 3.8) is 0 Å². The van der Waals surface area contributed by atoms with E-state index in [2.05, 4.69) is 27.1 Å². The molecule has 324 valence electrons. The Bertz CT molecular complexity index is 2040. The van der Waals surface area contributed by atoms with E-state index < -0.39 is 47.6 Å². The monoisotopic (exact) mass is 836 g/mol. The average Bonchev–Trinajstić information content (AvgIpc) is 3.15. The number of anilines is 2. The number of aliphatic hydroxyl groups is 2. The van der Waals surface area contributed by atoms with Crippen LogP contribution in [0.2, 0.25) is 0 Å². The van der Waals surface area contributed by atoms with Gasteiger partial charge in [0.15, 0.2) is 6.10 Å². The Morgan fingerprint density at radius 1 is 0.712 bits per heavy atom. The van der Waals surface area contributed by atoms with E-state index in [0.717, 1.165) is 37.2 Å². The summed E-state index contributed by atoms with van der Waals surface area (Å²) in [6.45, 7) is 13.5. The Kier molecular flexibility index (Phi) is 15.6. The lowest BCUT2D eigenvalue weighted by Gasteiger charge is -2.39. The third-order valence-electron chi connectivity index (χ3n) is 10.3. The van der Waals surface area contributed by atoms with E-state index in [9.17, 15) is 41.0 Å². The summed E-state index contributed by atoms with van der Waals surface area (Å²) < 4.78 is 79.6. The number of alkyl halides is 6. The molecule has 6 rings (SSSR count). The van der Waals surface area contributed by atoms with Gasteiger partial charge in [-0.2, -0.15) is 26.3 Å². The third-order valence-corrected chi connectivity index (χ3v) is 10.3. The lowest BCUT2D eigenvalue weighted by molar-refractivity contribution is -0.148. The van der Waals surface area contributed by atoms with Crippen LogP contribution in [0.15, 0.2) is 60.9 Å². The number of halogens is 6.